The van der Waals surface area contributed by atoms with Crippen LogP contribution in [0.15, 0.2) is 71.8 Å². The van der Waals surface area contributed by atoms with Crippen molar-refractivity contribution < 1.29 is 18.7 Å². The zero-order valence-corrected chi connectivity index (χ0v) is 18.1. The first kappa shape index (κ1) is 21.3. The van der Waals surface area contributed by atoms with E-state index in [1.54, 1.807) is 12.1 Å². The second kappa shape index (κ2) is 9.07. The van der Waals surface area contributed by atoms with E-state index >= 15 is 0 Å². The summed E-state index contributed by atoms with van der Waals surface area (Å²) >= 11 is 1.34. The van der Waals surface area contributed by atoms with Crippen LogP contribution in [0.4, 0.5) is 9.52 Å². The molecule has 4 aromatic rings. The molecule has 0 aliphatic heterocycles. The van der Waals surface area contributed by atoms with Crippen LogP contribution in [0.5, 0.6) is 0 Å². The first-order chi connectivity index (χ1) is 15.4. The Morgan fingerprint density at radius 1 is 1.03 bits per heavy atom. The number of carbonyl (C=O) groups excluding carboxylic acids is 2. The van der Waals surface area contributed by atoms with Gasteiger partial charge in [-0.1, -0.05) is 29.5 Å². The van der Waals surface area contributed by atoms with Crippen molar-refractivity contribution in [1.82, 2.24) is 4.98 Å². The lowest BCUT2D eigenvalue weighted by atomic mass is 10.1. The Kier molecular flexibility index (Phi) is 6.04. The van der Waals surface area contributed by atoms with E-state index in [-0.39, 0.29) is 5.82 Å². The number of methoxy groups -OCH3 is 1. The number of carbonyl (C=O) groups is 2. The highest BCUT2D eigenvalue weighted by Gasteiger charge is 2.21. The van der Waals surface area contributed by atoms with E-state index in [0.717, 1.165) is 15.8 Å². The average Bonchev–Trinajstić information content (AvgIpc) is 3.22. The Balaban J connectivity index is 1.72. The molecule has 0 spiro atoms. The number of ether oxygens (including phenoxy) is 1. The van der Waals surface area contributed by atoms with Gasteiger partial charge in [0.2, 0.25) is 5.13 Å². The third-order valence-corrected chi connectivity index (χ3v) is 5.65. The predicted molar refractivity (Wildman–Crippen MR) is 123 cm³/mol. The van der Waals surface area contributed by atoms with Crippen molar-refractivity contribution in [1.29, 1.82) is 0 Å². The molecule has 0 aliphatic carbocycles. The molecule has 160 valence electrons. The summed E-state index contributed by atoms with van der Waals surface area (Å²) in [7, 11) is 1.29. The fourth-order valence-electron chi connectivity index (χ4n) is 2.96. The van der Waals surface area contributed by atoms with Gasteiger partial charge in [0, 0.05) is 5.56 Å². The first-order valence-corrected chi connectivity index (χ1v) is 10.5. The van der Waals surface area contributed by atoms with Crippen molar-refractivity contribution in [3.05, 3.63) is 94.8 Å². The number of nitrogens with zero attached hydrogens (tertiary/aromatic N) is 3. The van der Waals surface area contributed by atoms with Crippen LogP contribution in [0.3, 0.4) is 0 Å². The van der Waals surface area contributed by atoms with Crippen LogP contribution in [-0.4, -0.2) is 30.2 Å². The smallest absolute Gasteiger partial charge is 0.337 e. The second-order valence-corrected chi connectivity index (χ2v) is 7.96. The van der Waals surface area contributed by atoms with E-state index in [1.165, 1.54) is 66.1 Å². The van der Waals surface area contributed by atoms with E-state index in [4.69, 9.17) is 4.74 Å². The minimum absolute atomic E-state index is 0.323. The van der Waals surface area contributed by atoms with Crippen LogP contribution < -0.4 is 5.01 Å². The highest BCUT2D eigenvalue weighted by Crippen LogP contribution is 2.30. The number of anilines is 1. The zero-order valence-electron chi connectivity index (χ0n) is 17.3. The Bertz CT molecular complexity index is 1310. The van der Waals surface area contributed by atoms with E-state index < -0.39 is 11.9 Å². The van der Waals surface area contributed by atoms with E-state index in [9.17, 15) is 14.0 Å². The number of fused-ring (bicyclic) bond motifs is 1. The molecule has 8 heteroatoms. The number of aryl methyl sites for hydroxylation is 1. The fourth-order valence-corrected chi connectivity index (χ4v) is 3.98. The van der Waals surface area contributed by atoms with Crippen LogP contribution >= 0.6 is 11.3 Å². The topological polar surface area (TPSA) is 71.9 Å². The van der Waals surface area contributed by atoms with Gasteiger partial charge in [0.15, 0.2) is 0 Å². The molecule has 0 fully saturated rings. The lowest BCUT2D eigenvalue weighted by Gasteiger charge is -2.14. The average molecular weight is 447 g/mol. The largest absolute Gasteiger partial charge is 0.465 e. The van der Waals surface area contributed by atoms with Crippen LogP contribution in [0.1, 0.15) is 31.8 Å². The molecule has 0 N–H and O–H groups in total. The van der Waals surface area contributed by atoms with Gasteiger partial charge >= 0.3 is 5.97 Å². The molecule has 1 aromatic heterocycles. The van der Waals surface area contributed by atoms with Gasteiger partial charge in [-0.2, -0.15) is 10.1 Å². The van der Waals surface area contributed by atoms with Gasteiger partial charge in [0.25, 0.3) is 5.91 Å². The molecule has 0 saturated heterocycles. The Morgan fingerprint density at radius 3 is 2.41 bits per heavy atom. The molecule has 32 heavy (non-hydrogen) atoms. The second-order valence-electron chi connectivity index (χ2n) is 6.95. The number of hydrazone groups is 1. The van der Waals surface area contributed by atoms with Crippen LogP contribution in [0, 0.1) is 12.7 Å². The van der Waals surface area contributed by atoms with E-state index in [0.29, 0.717) is 21.8 Å². The SMILES string of the molecule is COC(=O)c1ccc(C(=O)N(/N=C/c2ccc(F)cc2)c2nc3ccc(C)cc3s2)cc1. The molecule has 6 nitrogen and oxygen atoms in total. The number of rotatable bonds is 5. The van der Waals surface area contributed by atoms with Crippen molar-refractivity contribution in [3.63, 3.8) is 0 Å². The standard InChI is InChI=1S/C24H18FN3O3S/c1-15-3-12-20-21(13-15)32-24(27-20)28(26-14-16-4-10-19(25)11-5-16)22(29)17-6-8-18(9-7-17)23(30)31-2/h3-14H,1-2H3/b26-14+. The van der Waals surface area contributed by atoms with E-state index in [2.05, 4.69) is 10.1 Å². The highest BCUT2D eigenvalue weighted by molar-refractivity contribution is 7.22. The lowest BCUT2D eigenvalue weighted by Crippen LogP contribution is -2.25. The molecule has 4 rings (SSSR count). The molecule has 1 heterocycles. The zero-order chi connectivity index (χ0) is 22.7. The number of hydrogen-bond acceptors (Lipinski definition) is 6. The third kappa shape index (κ3) is 4.55. The van der Waals surface area contributed by atoms with Gasteiger partial charge in [-0.05, 0) is 66.6 Å². The number of thiazole rings is 1. The van der Waals surface area contributed by atoms with Gasteiger partial charge in [0.1, 0.15) is 5.82 Å². The lowest BCUT2D eigenvalue weighted by molar-refractivity contribution is 0.0600. The molecule has 0 atom stereocenters. The summed E-state index contributed by atoms with van der Waals surface area (Å²) in [6.07, 6.45) is 1.47. The summed E-state index contributed by atoms with van der Waals surface area (Å²) in [6, 6.07) is 17.7. The quantitative estimate of drug-likeness (QED) is 0.239. The predicted octanol–water partition coefficient (Wildman–Crippen LogP) is 5.21. The molecule has 0 bridgehead atoms. The highest BCUT2D eigenvalue weighted by atomic mass is 32.1. The van der Waals surface area contributed by atoms with Crippen LogP contribution in [0.25, 0.3) is 10.2 Å². The number of esters is 1. The summed E-state index contributed by atoms with van der Waals surface area (Å²) in [5.41, 5.74) is 3.12. The summed E-state index contributed by atoms with van der Waals surface area (Å²) in [4.78, 5) is 29.6. The van der Waals surface area contributed by atoms with Crippen molar-refractivity contribution in [2.24, 2.45) is 5.10 Å². The first-order valence-electron chi connectivity index (χ1n) is 9.64. The minimum Gasteiger partial charge on any atom is -0.465 e. The van der Waals surface area contributed by atoms with Crippen LogP contribution in [-0.2, 0) is 4.74 Å². The molecule has 0 unspecified atom stereocenters. The molecule has 0 radical (unpaired) electrons. The monoisotopic (exact) mass is 447 g/mol. The normalized spacial score (nSPS) is 11.1. The van der Waals surface area contributed by atoms with Gasteiger partial charge in [-0.15, -0.1) is 0 Å². The maximum Gasteiger partial charge on any atom is 0.337 e. The molecule has 0 aliphatic rings. The maximum atomic E-state index is 13.3. The molecule has 1 amide bonds. The Hall–Kier alpha value is -3.91. The summed E-state index contributed by atoms with van der Waals surface area (Å²) < 4.78 is 18.8. The summed E-state index contributed by atoms with van der Waals surface area (Å²) in [5.74, 6) is -1.27. The van der Waals surface area contributed by atoms with Gasteiger partial charge in [-0.25, -0.2) is 14.2 Å². The molecule has 0 saturated carbocycles. The maximum absolute atomic E-state index is 13.3. The van der Waals surface area contributed by atoms with Crippen molar-refractivity contribution >= 4 is 44.8 Å². The van der Waals surface area contributed by atoms with Crippen LogP contribution in [0.2, 0.25) is 0 Å². The Labute approximate surface area is 187 Å². The fraction of sp³-hybridized carbons (Fsp3) is 0.0833. The molecular formula is C24H18FN3O3S. The molecular weight excluding hydrogens is 429 g/mol. The van der Waals surface area contributed by atoms with Crippen molar-refractivity contribution in [3.8, 4) is 0 Å². The number of aromatic nitrogens is 1. The van der Waals surface area contributed by atoms with Gasteiger partial charge in [-0.3, -0.25) is 4.79 Å². The summed E-state index contributed by atoms with van der Waals surface area (Å²) in [6.45, 7) is 1.98. The van der Waals surface area contributed by atoms with Crippen molar-refractivity contribution in [2.75, 3.05) is 12.1 Å². The van der Waals surface area contributed by atoms with E-state index in [1.807, 2.05) is 25.1 Å². The van der Waals surface area contributed by atoms with Crippen molar-refractivity contribution in [2.45, 2.75) is 6.92 Å². The number of hydrogen-bond donors (Lipinski definition) is 0. The molecule has 3 aromatic carbocycles. The Morgan fingerprint density at radius 2 is 1.72 bits per heavy atom. The number of amides is 1. The third-order valence-electron chi connectivity index (χ3n) is 4.65. The van der Waals surface area contributed by atoms with Gasteiger partial charge in [0.05, 0.1) is 29.1 Å². The minimum atomic E-state index is -0.489. The van der Waals surface area contributed by atoms with Gasteiger partial charge < -0.3 is 4.74 Å². The number of benzene rings is 3. The summed E-state index contributed by atoms with van der Waals surface area (Å²) in [5, 5.41) is 5.95. The number of halogens is 1.